The van der Waals surface area contributed by atoms with Crippen molar-refractivity contribution in [2.45, 2.75) is 64.2 Å². The number of carbonyl (C=O) groups is 1. The number of nitrogens with two attached hydrogens (primary N) is 1. The van der Waals surface area contributed by atoms with Crippen molar-refractivity contribution in [1.82, 2.24) is 25.0 Å². The Labute approximate surface area is 278 Å². The van der Waals surface area contributed by atoms with Crippen molar-refractivity contribution in [2.24, 2.45) is 5.73 Å². The monoisotopic (exact) mass is 644 g/mol. The average molecular weight is 645 g/mol. The third-order valence-electron chi connectivity index (χ3n) is 9.61. The topological polar surface area (TPSA) is 96.2 Å². The number of hydrogen-bond donors (Lipinski definition) is 2. The zero-order valence-corrected chi connectivity index (χ0v) is 27.6. The van der Waals surface area contributed by atoms with Crippen molar-refractivity contribution in [3.8, 4) is 22.8 Å². The molecule has 1 aliphatic carbocycles. The molecule has 0 radical (unpaired) electrons. The molecule has 10 heteroatoms. The first-order chi connectivity index (χ1) is 22.9. The fourth-order valence-electron chi connectivity index (χ4n) is 6.94. The van der Waals surface area contributed by atoms with E-state index in [1.165, 1.54) is 30.2 Å². The molecule has 6 rings (SSSR count). The maximum absolute atomic E-state index is 14.3. The fraction of sp³-hybridized carbons (Fsp3) is 0.514. The molecule has 47 heavy (non-hydrogen) atoms. The number of aromatic nitrogens is 1. The number of nitrogens with zero attached hydrogens (tertiary/aromatic N) is 4. The Kier molecular flexibility index (Phi) is 11.5. The smallest absolute Gasteiger partial charge is 0.257 e. The van der Waals surface area contributed by atoms with Gasteiger partial charge in [-0.15, -0.1) is 0 Å². The van der Waals surface area contributed by atoms with Gasteiger partial charge < -0.3 is 25.4 Å². The largest absolute Gasteiger partial charge is 0.438 e. The molecular formula is C37H49FN6O3. The lowest BCUT2D eigenvalue weighted by atomic mass is 9.91. The number of carbonyl (C=O) groups excluding carboxylic acids is 1. The minimum atomic E-state index is -0.586. The summed E-state index contributed by atoms with van der Waals surface area (Å²) in [6.07, 6.45) is 5.59. The van der Waals surface area contributed by atoms with E-state index in [-0.39, 0.29) is 23.5 Å². The Morgan fingerprint density at radius 3 is 2.47 bits per heavy atom. The molecule has 1 amide bonds. The van der Waals surface area contributed by atoms with Crippen molar-refractivity contribution >= 4 is 5.91 Å². The molecule has 3 aliphatic rings. The number of pyridine rings is 1. The molecule has 9 nitrogen and oxygen atoms in total. The summed E-state index contributed by atoms with van der Waals surface area (Å²) in [5.74, 6) is -0.362. The number of ether oxygens (including phenoxy) is 2. The van der Waals surface area contributed by atoms with Crippen molar-refractivity contribution in [2.75, 3.05) is 59.0 Å². The number of piperazine rings is 1. The van der Waals surface area contributed by atoms with Crippen LogP contribution < -0.4 is 15.8 Å². The maximum atomic E-state index is 14.3. The molecule has 0 spiro atoms. The summed E-state index contributed by atoms with van der Waals surface area (Å²) in [5, 5.41) is 3.03. The highest BCUT2D eigenvalue weighted by molar-refractivity contribution is 5.96. The molecule has 3 N–H and O–H groups in total. The second-order valence-corrected chi connectivity index (χ2v) is 13.2. The van der Waals surface area contributed by atoms with Crippen molar-refractivity contribution < 1.29 is 18.7 Å². The first-order valence-corrected chi connectivity index (χ1v) is 17.3. The summed E-state index contributed by atoms with van der Waals surface area (Å²) < 4.78 is 26.1. The number of halogens is 1. The van der Waals surface area contributed by atoms with Crippen LogP contribution in [0.3, 0.4) is 0 Å². The van der Waals surface area contributed by atoms with Crippen LogP contribution in [0.1, 0.15) is 60.5 Å². The van der Waals surface area contributed by atoms with E-state index in [1.54, 1.807) is 0 Å². The molecule has 3 heterocycles. The SMILES string of the molecule is CCCN1CCN(Cc2ccc(-c3cccc(Oc4ncc(F)cc4C(=O)NC4CCC(N)CC4)c3)c(CN3CCOCC3)c2)CC1. The molecule has 1 aromatic heterocycles. The number of rotatable bonds is 11. The number of amides is 1. The summed E-state index contributed by atoms with van der Waals surface area (Å²) in [5.41, 5.74) is 10.8. The Morgan fingerprint density at radius 1 is 0.957 bits per heavy atom. The van der Waals surface area contributed by atoms with Gasteiger partial charge in [0.1, 0.15) is 17.1 Å². The van der Waals surface area contributed by atoms with Gasteiger partial charge in [0.05, 0.1) is 19.4 Å². The zero-order chi connectivity index (χ0) is 32.6. The van der Waals surface area contributed by atoms with Crippen LogP contribution >= 0.6 is 0 Å². The fourth-order valence-corrected chi connectivity index (χ4v) is 6.94. The Bertz CT molecular complexity index is 1480. The van der Waals surface area contributed by atoms with Crippen LogP contribution in [0, 0.1) is 5.82 Å². The van der Waals surface area contributed by atoms with Crippen molar-refractivity contribution in [1.29, 1.82) is 0 Å². The van der Waals surface area contributed by atoms with E-state index in [9.17, 15) is 9.18 Å². The molecule has 3 aromatic rings. The standard InChI is InChI=1S/C37H49FN6O3/c1-2-12-42-13-15-43(16-14-42)25-27-6-11-34(29(21-27)26-44-17-19-46-20-18-44)28-4-3-5-33(22-28)47-37-35(23-30(38)24-40-37)36(45)41-32-9-7-31(39)8-10-32/h3-6,11,21-24,31-32H,2,7-10,12-20,25-26,39H2,1H3,(H,41,45). The number of hydrogen-bond acceptors (Lipinski definition) is 8. The van der Waals surface area contributed by atoms with Crippen LogP contribution in [0.2, 0.25) is 0 Å². The van der Waals surface area contributed by atoms with Gasteiger partial charge in [-0.3, -0.25) is 14.6 Å². The highest BCUT2D eigenvalue weighted by Gasteiger charge is 2.24. The van der Waals surface area contributed by atoms with Gasteiger partial charge in [0, 0.05) is 64.4 Å². The predicted molar refractivity (Wildman–Crippen MR) is 182 cm³/mol. The van der Waals surface area contributed by atoms with E-state index in [2.05, 4.69) is 56.2 Å². The summed E-state index contributed by atoms with van der Waals surface area (Å²) in [4.78, 5) is 25.0. The summed E-state index contributed by atoms with van der Waals surface area (Å²) in [6.45, 7) is 12.9. The van der Waals surface area contributed by atoms with Gasteiger partial charge in [-0.25, -0.2) is 9.37 Å². The lowest BCUT2D eigenvalue weighted by Gasteiger charge is -2.34. The van der Waals surface area contributed by atoms with E-state index >= 15 is 0 Å². The van der Waals surface area contributed by atoms with E-state index in [4.69, 9.17) is 15.2 Å². The van der Waals surface area contributed by atoms with Crippen LogP contribution in [0.5, 0.6) is 11.6 Å². The van der Waals surface area contributed by atoms with Crippen LogP contribution in [0.4, 0.5) is 4.39 Å². The second kappa shape index (κ2) is 16.1. The Hall–Kier alpha value is -3.41. The predicted octanol–water partition coefficient (Wildman–Crippen LogP) is 5.04. The lowest BCUT2D eigenvalue weighted by Crippen LogP contribution is -2.46. The molecule has 2 saturated heterocycles. The van der Waals surface area contributed by atoms with Crippen molar-refractivity contribution in [3.63, 3.8) is 0 Å². The van der Waals surface area contributed by atoms with Crippen LogP contribution in [0.25, 0.3) is 11.1 Å². The third kappa shape index (κ3) is 9.15. The summed E-state index contributed by atoms with van der Waals surface area (Å²) in [7, 11) is 0. The Balaban J connectivity index is 1.21. The third-order valence-corrected chi connectivity index (χ3v) is 9.61. The van der Waals surface area contributed by atoms with E-state index in [0.717, 1.165) is 109 Å². The first-order valence-electron chi connectivity index (χ1n) is 17.3. The maximum Gasteiger partial charge on any atom is 0.257 e. The quantitative estimate of drug-likeness (QED) is 0.300. The molecule has 3 fully saturated rings. The van der Waals surface area contributed by atoms with E-state index < -0.39 is 11.7 Å². The normalized spacial score (nSPS) is 21.4. The number of benzene rings is 2. The van der Waals surface area contributed by atoms with Gasteiger partial charge in [0.2, 0.25) is 5.88 Å². The summed E-state index contributed by atoms with van der Waals surface area (Å²) >= 11 is 0. The van der Waals surface area contributed by atoms with Gasteiger partial charge in [0.25, 0.3) is 5.91 Å². The second-order valence-electron chi connectivity index (χ2n) is 13.2. The Morgan fingerprint density at radius 2 is 1.70 bits per heavy atom. The molecule has 2 aliphatic heterocycles. The minimum Gasteiger partial charge on any atom is -0.438 e. The van der Waals surface area contributed by atoms with E-state index in [0.29, 0.717) is 5.75 Å². The van der Waals surface area contributed by atoms with E-state index in [1.807, 2.05) is 18.2 Å². The number of morpholine rings is 1. The van der Waals surface area contributed by atoms with Crippen LogP contribution in [-0.4, -0.2) is 96.7 Å². The lowest BCUT2D eigenvalue weighted by molar-refractivity contribution is 0.0342. The molecule has 252 valence electrons. The van der Waals surface area contributed by atoms with Crippen LogP contribution in [-0.2, 0) is 17.8 Å². The zero-order valence-electron chi connectivity index (χ0n) is 27.6. The minimum absolute atomic E-state index is 0.000250. The molecule has 2 aromatic carbocycles. The number of nitrogens with one attached hydrogen (secondary N) is 1. The first kappa shape index (κ1) is 33.5. The van der Waals surface area contributed by atoms with Gasteiger partial charge in [-0.2, -0.15) is 0 Å². The highest BCUT2D eigenvalue weighted by Crippen LogP contribution is 2.32. The van der Waals surface area contributed by atoms with Crippen molar-refractivity contribution in [3.05, 3.63) is 77.2 Å². The molecule has 0 unspecified atom stereocenters. The highest BCUT2D eigenvalue weighted by atomic mass is 19.1. The molecule has 0 atom stereocenters. The average Bonchev–Trinajstić information content (AvgIpc) is 3.08. The van der Waals surface area contributed by atoms with Gasteiger partial charge in [-0.1, -0.05) is 37.3 Å². The van der Waals surface area contributed by atoms with Gasteiger partial charge >= 0.3 is 0 Å². The van der Waals surface area contributed by atoms with Gasteiger partial charge in [-0.05, 0) is 79.1 Å². The van der Waals surface area contributed by atoms with Gasteiger partial charge in [0.15, 0.2) is 0 Å². The molecular weight excluding hydrogens is 595 g/mol. The molecule has 1 saturated carbocycles. The summed E-state index contributed by atoms with van der Waals surface area (Å²) in [6, 6.07) is 16.0. The molecule has 0 bridgehead atoms. The van der Waals surface area contributed by atoms with Crippen LogP contribution in [0.15, 0.2) is 54.7 Å².